The van der Waals surface area contributed by atoms with Gasteiger partial charge >= 0.3 is 5.97 Å². The van der Waals surface area contributed by atoms with Crippen molar-refractivity contribution in [2.45, 2.75) is 116 Å². The molecule has 0 saturated heterocycles. The largest absolute Gasteiger partial charge is 0.481 e. The van der Waals surface area contributed by atoms with Gasteiger partial charge in [-0.2, -0.15) is 0 Å². The van der Waals surface area contributed by atoms with Crippen LogP contribution in [0.4, 0.5) is 0 Å². The van der Waals surface area contributed by atoms with Crippen LogP contribution >= 0.6 is 0 Å². The molecule has 0 aromatic heterocycles. The number of carboxylic acids is 1. The first kappa shape index (κ1) is 23.9. The SMILES string of the molecule is CCCCCCC=CCC=CCCCCCCCCCCCC(=O)O. The molecule has 0 aliphatic rings. The quantitative estimate of drug-likeness (QED) is 0.190. The highest BCUT2D eigenvalue weighted by Gasteiger charge is 1.96. The molecule has 0 atom stereocenters. The molecule has 0 radical (unpaired) electrons. The molecule has 0 aliphatic carbocycles. The molecule has 0 amide bonds. The number of carbonyl (C=O) groups is 1. The Labute approximate surface area is 156 Å². The van der Waals surface area contributed by atoms with Crippen molar-refractivity contribution in [1.82, 2.24) is 0 Å². The zero-order chi connectivity index (χ0) is 18.4. The van der Waals surface area contributed by atoms with E-state index in [2.05, 4.69) is 31.2 Å². The van der Waals surface area contributed by atoms with Crippen molar-refractivity contribution in [1.29, 1.82) is 0 Å². The molecule has 0 spiro atoms. The fourth-order valence-corrected chi connectivity index (χ4v) is 2.97. The minimum absolute atomic E-state index is 0.336. The highest BCUT2D eigenvalue weighted by Crippen LogP contribution is 2.11. The third kappa shape index (κ3) is 22.9. The molecule has 0 fully saturated rings. The maximum absolute atomic E-state index is 10.4. The highest BCUT2D eigenvalue weighted by molar-refractivity contribution is 5.66. The van der Waals surface area contributed by atoms with E-state index in [0.29, 0.717) is 6.42 Å². The third-order valence-electron chi connectivity index (χ3n) is 4.59. The molecule has 0 bridgehead atoms. The van der Waals surface area contributed by atoms with Gasteiger partial charge in [-0.3, -0.25) is 4.79 Å². The maximum atomic E-state index is 10.4. The molecule has 2 nitrogen and oxygen atoms in total. The first-order chi connectivity index (χ1) is 12.3. The summed E-state index contributed by atoms with van der Waals surface area (Å²) in [6, 6.07) is 0. The second-order valence-corrected chi connectivity index (χ2v) is 7.14. The summed E-state index contributed by atoms with van der Waals surface area (Å²) >= 11 is 0. The Bertz CT molecular complexity index is 331. The number of aliphatic carboxylic acids is 1. The van der Waals surface area contributed by atoms with Crippen molar-refractivity contribution in [3.05, 3.63) is 24.3 Å². The number of hydrogen-bond acceptors (Lipinski definition) is 1. The maximum Gasteiger partial charge on any atom is 0.303 e. The van der Waals surface area contributed by atoms with E-state index in [-0.39, 0.29) is 0 Å². The Balaban J connectivity index is 3.15. The van der Waals surface area contributed by atoms with Crippen molar-refractivity contribution in [3.63, 3.8) is 0 Å². The van der Waals surface area contributed by atoms with E-state index in [0.717, 1.165) is 19.3 Å². The first-order valence-electron chi connectivity index (χ1n) is 10.8. The number of unbranched alkanes of at least 4 members (excludes halogenated alkanes) is 13. The first-order valence-corrected chi connectivity index (χ1v) is 10.8. The summed E-state index contributed by atoms with van der Waals surface area (Å²) in [6.07, 6.45) is 29.6. The van der Waals surface area contributed by atoms with Gasteiger partial charge in [0.05, 0.1) is 0 Å². The fraction of sp³-hybridized carbons (Fsp3) is 0.783. The number of carboxylic acid groups (broad SMARTS) is 1. The van der Waals surface area contributed by atoms with E-state index in [1.165, 1.54) is 83.5 Å². The average molecular weight is 351 g/mol. The summed E-state index contributed by atoms with van der Waals surface area (Å²) < 4.78 is 0. The number of allylic oxidation sites excluding steroid dienone is 4. The van der Waals surface area contributed by atoms with Crippen molar-refractivity contribution in [2.75, 3.05) is 0 Å². The molecule has 146 valence electrons. The van der Waals surface area contributed by atoms with Gasteiger partial charge in [0.25, 0.3) is 0 Å². The van der Waals surface area contributed by atoms with Crippen molar-refractivity contribution in [3.8, 4) is 0 Å². The molecule has 1 N–H and O–H groups in total. The minimum atomic E-state index is -0.660. The van der Waals surface area contributed by atoms with Crippen LogP contribution in [0.2, 0.25) is 0 Å². The van der Waals surface area contributed by atoms with Crippen LogP contribution in [0, 0.1) is 0 Å². The molecule has 0 unspecified atom stereocenters. The van der Waals surface area contributed by atoms with Gasteiger partial charge in [0.2, 0.25) is 0 Å². The Morgan fingerprint density at radius 2 is 1.08 bits per heavy atom. The zero-order valence-electron chi connectivity index (χ0n) is 16.7. The van der Waals surface area contributed by atoms with Crippen LogP contribution in [0.1, 0.15) is 116 Å². The molecule has 0 rings (SSSR count). The molecule has 25 heavy (non-hydrogen) atoms. The zero-order valence-corrected chi connectivity index (χ0v) is 16.7. The van der Waals surface area contributed by atoms with E-state index in [9.17, 15) is 4.79 Å². The van der Waals surface area contributed by atoms with Gasteiger partial charge in [-0.05, 0) is 38.5 Å². The summed E-state index contributed by atoms with van der Waals surface area (Å²) in [5.74, 6) is -0.660. The lowest BCUT2D eigenvalue weighted by atomic mass is 10.1. The molecule has 0 aliphatic heterocycles. The average Bonchev–Trinajstić information content (AvgIpc) is 2.60. The molecule has 0 heterocycles. The molecular weight excluding hydrogens is 308 g/mol. The minimum Gasteiger partial charge on any atom is -0.481 e. The summed E-state index contributed by atoms with van der Waals surface area (Å²) in [6.45, 7) is 2.26. The molecule has 0 saturated carbocycles. The lowest BCUT2D eigenvalue weighted by Crippen LogP contribution is -1.93. The smallest absolute Gasteiger partial charge is 0.303 e. The van der Waals surface area contributed by atoms with Gasteiger partial charge in [-0.1, -0.05) is 95.4 Å². The van der Waals surface area contributed by atoms with Crippen molar-refractivity contribution in [2.24, 2.45) is 0 Å². The Hall–Kier alpha value is -1.05. The lowest BCUT2D eigenvalue weighted by molar-refractivity contribution is -0.137. The highest BCUT2D eigenvalue weighted by atomic mass is 16.4. The van der Waals surface area contributed by atoms with Crippen LogP contribution in [0.25, 0.3) is 0 Å². The summed E-state index contributed by atoms with van der Waals surface area (Å²) in [7, 11) is 0. The van der Waals surface area contributed by atoms with E-state index in [1.54, 1.807) is 0 Å². The van der Waals surface area contributed by atoms with Gasteiger partial charge in [0, 0.05) is 6.42 Å². The predicted octanol–water partition coefficient (Wildman–Crippen LogP) is 7.84. The second kappa shape index (κ2) is 21.0. The third-order valence-corrected chi connectivity index (χ3v) is 4.59. The molecule has 0 aromatic carbocycles. The fourth-order valence-electron chi connectivity index (χ4n) is 2.97. The topological polar surface area (TPSA) is 37.3 Å². The normalized spacial score (nSPS) is 11.7. The Kier molecular flexibility index (Phi) is 20.1. The van der Waals surface area contributed by atoms with Gasteiger partial charge in [-0.25, -0.2) is 0 Å². The predicted molar refractivity (Wildman–Crippen MR) is 110 cm³/mol. The monoisotopic (exact) mass is 350 g/mol. The van der Waals surface area contributed by atoms with E-state index in [1.807, 2.05) is 0 Å². The van der Waals surface area contributed by atoms with Gasteiger partial charge in [0.15, 0.2) is 0 Å². The molecular formula is C23H42O2. The molecule has 2 heteroatoms. The number of rotatable bonds is 19. The van der Waals surface area contributed by atoms with Crippen molar-refractivity contribution >= 4 is 5.97 Å². The van der Waals surface area contributed by atoms with Crippen LogP contribution in [-0.2, 0) is 4.79 Å². The van der Waals surface area contributed by atoms with Crippen LogP contribution in [0.5, 0.6) is 0 Å². The van der Waals surface area contributed by atoms with E-state index < -0.39 is 5.97 Å². The van der Waals surface area contributed by atoms with Crippen LogP contribution in [0.15, 0.2) is 24.3 Å². The van der Waals surface area contributed by atoms with E-state index in [4.69, 9.17) is 5.11 Å². The Morgan fingerprint density at radius 1 is 0.640 bits per heavy atom. The van der Waals surface area contributed by atoms with Gasteiger partial charge in [0.1, 0.15) is 0 Å². The standard InChI is InChI=1S/C23H42O2/c1-2-3-4-5-6-7-8-9-10-11-12-13-14-15-16-17-18-19-20-21-22-23(24)25/h7-8,10-11H,2-6,9,12-22H2,1H3,(H,24,25). The van der Waals surface area contributed by atoms with Crippen molar-refractivity contribution < 1.29 is 9.90 Å². The summed E-state index contributed by atoms with van der Waals surface area (Å²) in [5.41, 5.74) is 0. The summed E-state index contributed by atoms with van der Waals surface area (Å²) in [4.78, 5) is 10.4. The van der Waals surface area contributed by atoms with E-state index >= 15 is 0 Å². The summed E-state index contributed by atoms with van der Waals surface area (Å²) in [5, 5.41) is 8.56. The van der Waals surface area contributed by atoms with Crippen LogP contribution < -0.4 is 0 Å². The van der Waals surface area contributed by atoms with Gasteiger partial charge < -0.3 is 5.11 Å². The lowest BCUT2D eigenvalue weighted by Gasteiger charge is -2.01. The van der Waals surface area contributed by atoms with Gasteiger partial charge in [-0.15, -0.1) is 0 Å². The second-order valence-electron chi connectivity index (χ2n) is 7.14. The molecule has 0 aromatic rings. The Morgan fingerprint density at radius 3 is 1.56 bits per heavy atom. The van der Waals surface area contributed by atoms with Crippen LogP contribution in [-0.4, -0.2) is 11.1 Å². The number of hydrogen-bond donors (Lipinski definition) is 1. The van der Waals surface area contributed by atoms with Crippen LogP contribution in [0.3, 0.4) is 0 Å².